The number of imide groups is 1. The molecule has 10 heteroatoms. The highest BCUT2D eigenvalue weighted by Crippen LogP contribution is 2.33. The second-order valence-electron chi connectivity index (χ2n) is 8.37. The van der Waals surface area contributed by atoms with Crippen LogP contribution in [0.4, 0.5) is 11.4 Å². The number of nitro groups is 1. The van der Waals surface area contributed by atoms with Crippen LogP contribution in [0.15, 0.2) is 42.5 Å². The maximum absolute atomic E-state index is 13.6. The van der Waals surface area contributed by atoms with Crippen molar-refractivity contribution >= 4 is 40.7 Å². The van der Waals surface area contributed by atoms with Crippen LogP contribution in [0.1, 0.15) is 54.4 Å². The molecule has 2 aromatic rings. The SMILES string of the molecule is N#Cc1ccc(N2C(=O)CC(N(C(=O)c3ccc(Cl)c([N+](=O)[O-])c3)C3CCCCC3)C2=O)cc1. The molecule has 2 fully saturated rings. The van der Waals surface area contributed by atoms with E-state index in [-0.39, 0.29) is 23.0 Å². The van der Waals surface area contributed by atoms with Crippen LogP contribution >= 0.6 is 11.6 Å². The largest absolute Gasteiger partial charge is 0.323 e. The fourth-order valence-electron chi connectivity index (χ4n) is 4.65. The van der Waals surface area contributed by atoms with Gasteiger partial charge < -0.3 is 4.90 Å². The summed E-state index contributed by atoms with van der Waals surface area (Å²) in [5.74, 6) is -1.52. The van der Waals surface area contributed by atoms with Gasteiger partial charge in [0, 0.05) is 17.7 Å². The molecule has 0 N–H and O–H groups in total. The Labute approximate surface area is 200 Å². The highest BCUT2D eigenvalue weighted by atomic mass is 35.5. The van der Waals surface area contributed by atoms with Gasteiger partial charge in [0.2, 0.25) is 5.91 Å². The second-order valence-corrected chi connectivity index (χ2v) is 8.78. The summed E-state index contributed by atoms with van der Waals surface area (Å²) >= 11 is 5.91. The maximum atomic E-state index is 13.6. The smallest absolute Gasteiger partial charge is 0.288 e. The lowest BCUT2D eigenvalue weighted by atomic mass is 9.92. The van der Waals surface area contributed by atoms with Crippen molar-refractivity contribution in [2.75, 3.05) is 4.90 Å². The van der Waals surface area contributed by atoms with Gasteiger partial charge in [0.25, 0.3) is 17.5 Å². The summed E-state index contributed by atoms with van der Waals surface area (Å²) < 4.78 is 0. The Hall–Kier alpha value is -3.77. The first-order valence-corrected chi connectivity index (χ1v) is 11.3. The minimum absolute atomic E-state index is 0.0405. The first kappa shape index (κ1) is 23.4. The Kier molecular flexibility index (Phi) is 6.61. The molecule has 34 heavy (non-hydrogen) atoms. The number of nitriles is 1. The van der Waals surface area contributed by atoms with Crippen LogP contribution < -0.4 is 4.90 Å². The Bertz CT molecular complexity index is 1200. The summed E-state index contributed by atoms with van der Waals surface area (Å²) in [5, 5.41) is 20.2. The van der Waals surface area contributed by atoms with Crippen molar-refractivity contribution in [2.24, 2.45) is 0 Å². The molecule has 1 saturated heterocycles. The predicted octanol–water partition coefficient (Wildman–Crippen LogP) is 4.23. The third kappa shape index (κ3) is 4.37. The number of halogens is 1. The van der Waals surface area contributed by atoms with Gasteiger partial charge in [0.15, 0.2) is 0 Å². The lowest BCUT2D eigenvalue weighted by Crippen LogP contribution is -2.51. The highest BCUT2D eigenvalue weighted by molar-refractivity contribution is 6.32. The van der Waals surface area contributed by atoms with E-state index in [0.717, 1.165) is 30.2 Å². The summed E-state index contributed by atoms with van der Waals surface area (Å²) in [6.07, 6.45) is 3.94. The first-order chi connectivity index (χ1) is 16.3. The minimum atomic E-state index is -1.02. The number of amides is 3. The summed E-state index contributed by atoms with van der Waals surface area (Å²) in [7, 11) is 0. The number of hydrogen-bond donors (Lipinski definition) is 0. The number of rotatable bonds is 5. The third-order valence-corrected chi connectivity index (χ3v) is 6.63. The molecule has 0 bridgehead atoms. The average molecular weight is 481 g/mol. The van der Waals surface area contributed by atoms with E-state index >= 15 is 0 Å². The van der Waals surface area contributed by atoms with Gasteiger partial charge in [0.1, 0.15) is 11.1 Å². The summed E-state index contributed by atoms with van der Waals surface area (Å²) in [5.41, 5.74) is 0.361. The Morgan fingerprint density at radius 1 is 1.12 bits per heavy atom. The van der Waals surface area contributed by atoms with Gasteiger partial charge in [-0.15, -0.1) is 0 Å². The molecule has 1 heterocycles. The van der Waals surface area contributed by atoms with E-state index in [0.29, 0.717) is 24.1 Å². The fourth-order valence-corrected chi connectivity index (χ4v) is 4.83. The van der Waals surface area contributed by atoms with Gasteiger partial charge in [-0.3, -0.25) is 24.5 Å². The summed E-state index contributed by atoms with van der Waals surface area (Å²) in [6.45, 7) is 0. The van der Waals surface area contributed by atoms with Gasteiger partial charge in [0.05, 0.1) is 28.7 Å². The quantitative estimate of drug-likeness (QED) is 0.358. The zero-order valence-electron chi connectivity index (χ0n) is 18.1. The van der Waals surface area contributed by atoms with Crippen molar-refractivity contribution in [3.05, 3.63) is 68.7 Å². The lowest BCUT2D eigenvalue weighted by Gasteiger charge is -2.37. The molecule has 1 atom stereocenters. The topological polar surface area (TPSA) is 125 Å². The van der Waals surface area contributed by atoms with Gasteiger partial charge >= 0.3 is 0 Å². The monoisotopic (exact) mass is 480 g/mol. The van der Waals surface area contributed by atoms with Crippen LogP contribution in [0.25, 0.3) is 0 Å². The minimum Gasteiger partial charge on any atom is -0.323 e. The normalized spacial score (nSPS) is 18.6. The molecular formula is C24H21ClN4O5. The molecule has 1 unspecified atom stereocenters. The Balaban J connectivity index is 1.70. The molecule has 1 aliphatic heterocycles. The van der Waals surface area contributed by atoms with Gasteiger partial charge in [-0.2, -0.15) is 5.26 Å². The molecule has 4 rings (SSSR count). The standard InChI is InChI=1S/C24H21ClN4O5/c25-19-11-8-16(12-20(19)29(33)34)23(31)27(17-4-2-1-3-5-17)21-13-22(30)28(24(21)32)18-9-6-15(14-26)7-10-18/h6-12,17,21H,1-5,13H2. The molecule has 2 aromatic carbocycles. The van der Waals surface area contributed by atoms with Gasteiger partial charge in [-0.05, 0) is 49.2 Å². The van der Waals surface area contributed by atoms with E-state index in [4.69, 9.17) is 16.9 Å². The zero-order valence-corrected chi connectivity index (χ0v) is 18.9. The number of benzene rings is 2. The van der Waals surface area contributed by atoms with E-state index in [2.05, 4.69) is 0 Å². The first-order valence-electron chi connectivity index (χ1n) is 11.0. The number of nitro benzene ring substituents is 1. The van der Waals surface area contributed by atoms with Crippen LogP contribution in [0.3, 0.4) is 0 Å². The van der Waals surface area contributed by atoms with Crippen LogP contribution in [0, 0.1) is 21.4 Å². The van der Waals surface area contributed by atoms with E-state index in [1.165, 1.54) is 41.3 Å². The molecule has 9 nitrogen and oxygen atoms in total. The van der Waals surface area contributed by atoms with Crippen molar-refractivity contribution in [1.82, 2.24) is 4.90 Å². The van der Waals surface area contributed by atoms with Crippen molar-refractivity contribution in [3.8, 4) is 6.07 Å². The molecule has 3 amide bonds. The predicted molar refractivity (Wildman–Crippen MR) is 123 cm³/mol. The molecule has 0 spiro atoms. The number of carbonyl (C=O) groups excluding carboxylic acids is 3. The van der Waals surface area contributed by atoms with Crippen LogP contribution in [-0.4, -0.2) is 39.6 Å². The van der Waals surface area contributed by atoms with Gasteiger partial charge in [-0.25, -0.2) is 4.90 Å². The number of hydrogen-bond acceptors (Lipinski definition) is 6. The molecular weight excluding hydrogens is 460 g/mol. The molecule has 174 valence electrons. The number of anilines is 1. The van der Waals surface area contributed by atoms with Crippen molar-refractivity contribution in [3.63, 3.8) is 0 Å². The van der Waals surface area contributed by atoms with E-state index in [9.17, 15) is 24.5 Å². The fraction of sp³-hybridized carbons (Fsp3) is 0.333. The van der Waals surface area contributed by atoms with E-state index < -0.39 is 34.4 Å². The maximum Gasteiger partial charge on any atom is 0.288 e. The van der Waals surface area contributed by atoms with Crippen molar-refractivity contribution in [2.45, 2.75) is 50.6 Å². The Morgan fingerprint density at radius 3 is 2.41 bits per heavy atom. The molecule has 1 aliphatic carbocycles. The molecule has 2 aliphatic rings. The van der Waals surface area contributed by atoms with Gasteiger partial charge in [-0.1, -0.05) is 30.9 Å². The average Bonchev–Trinajstić information content (AvgIpc) is 3.13. The van der Waals surface area contributed by atoms with E-state index in [1.54, 1.807) is 0 Å². The summed E-state index contributed by atoms with van der Waals surface area (Å²) in [4.78, 5) is 53.1. The number of carbonyl (C=O) groups is 3. The zero-order chi connectivity index (χ0) is 24.4. The number of nitrogens with zero attached hydrogens (tertiary/aromatic N) is 4. The van der Waals surface area contributed by atoms with Crippen LogP contribution in [0.2, 0.25) is 5.02 Å². The van der Waals surface area contributed by atoms with Crippen molar-refractivity contribution in [1.29, 1.82) is 5.26 Å². The lowest BCUT2D eigenvalue weighted by molar-refractivity contribution is -0.384. The third-order valence-electron chi connectivity index (χ3n) is 6.31. The van der Waals surface area contributed by atoms with Crippen LogP contribution in [0.5, 0.6) is 0 Å². The second kappa shape index (κ2) is 9.61. The molecule has 1 saturated carbocycles. The van der Waals surface area contributed by atoms with Crippen molar-refractivity contribution < 1.29 is 19.3 Å². The Morgan fingerprint density at radius 2 is 1.79 bits per heavy atom. The summed E-state index contributed by atoms with van der Waals surface area (Å²) in [6, 6.07) is 10.6. The molecule has 0 aromatic heterocycles. The van der Waals surface area contributed by atoms with Crippen LogP contribution in [-0.2, 0) is 9.59 Å². The highest BCUT2D eigenvalue weighted by Gasteiger charge is 2.47. The molecule has 0 radical (unpaired) electrons. The van der Waals surface area contributed by atoms with E-state index in [1.807, 2.05) is 6.07 Å².